The number of fused-ring (bicyclic) bond motifs is 1. The molecule has 138 valence electrons. The summed E-state index contributed by atoms with van der Waals surface area (Å²) in [6.45, 7) is 5.69. The van der Waals surface area contributed by atoms with Crippen LogP contribution >= 0.6 is 0 Å². The summed E-state index contributed by atoms with van der Waals surface area (Å²) in [6, 6.07) is 22.6. The van der Waals surface area contributed by atoms with Crippen molar-refractivity contribution < 1.29 is 5.11 Å². The number of nitrogens with zero attached hydrogens (tertiary/aromatic N) is 2. The van der Waals surface area contributed by atoms with Crippen LogP contribution in [0.1, 0.15) is 12.5 Å². The van der Waals surface area contributed by atoms with E-state index >= 15 is 0 Å². The Kier molecular flexibility index (Phi) is 6.43. The largest absolute Gasteiger partial charge is 0.395 e. The van der Waals surface area contributed by atoms with Crippen LogP contribution in [0.25, 0.3) is 21.9 Å². The molecule has 3 rings (SSSR count). The molecule has 2 N–H and O–H groups in total. The molecule has 4 nitrogen and oxygen atoms in total. The van der Waals surface area contributed by atoms with Crippen molar-refractivity contribution >= 4 is 16.5 Å². The summed E-state index contributed by atoms with van der Waals surface area (Å²) in [7, 11) is 0. The fourth-order valence-electron chi connectivity index (χ4n) is 3.28. The molecule has 0 fully saturated rings. The van der Waals surface area contributed by atoms with Gasteiger partial charge in [-0.15, -0.1) is 0 Å². The van der Waals surface area contributed by atoms with E-state index in [1.165, 1.54) is 5.39 Å². The van der Waals surface area contributed by atoms with Crippen LogP contribution in [0.4, 0.5) is 5.69 Å². The van der Waals surface area contributed by atoms with Crippen LogP contribution in [0.2, 0.25) is 0 Å². The van der Waals surface area contributed by atoms with Gasteiger partial charge in [0, 0.05) is 25.3 Å². The van der Waals surface area contributed by atoms with Gasteiger partial charge in [0.15, 0.2) is 0 Å². The van der Waals surface area contributed by atoms with E-state index in [0.717, 1.165) is 41.8 Å². The highest BCUT2D eigenvalue weighted by Gasteiger charge is 2.06. The molecule has 0 amide bonds. The molecule has 27 heavy (non-hydrogen) atoms. The zero-order chi connectivity index (χ0) is 19.1. The summed E-state index contributed by atoms with van der Waals surface area (Å²) in [5.41, 5.74) is 3.81. The topological polar surface area (TPSA) is 59.3 Å². The van der Waals surface area contributed by atoms with E-state index in [1.54, 1.807) is 0 Å². The first-order chi connectivity index (χ1) is 13.2. The van der Waals surface area contributed by atoms with Gasteiger partial charge in [-0.1, -0.05) is 43.3 Å². The first-order valence-electron chi connectivity index (χ1n) is 9.35. The number of nitriles is 1. The smallest absolute Gasteiger partial charge is 0.0998 e. The molecular weight excluding hydrogens is 334 g/mol. The predicted molar refractivity (Wildman–Crippen MR) is 112 cm³/mol. The van der Waals surface area contributed by atoms with Gasteiger partial charge in [0.2, 0.25) is 0 Å². The van der Waals surface area contributed by atoms with E-state index in [9.17, 15) is 5.26 Å². The maximum absolute atomic E-state index is 9.33. The maximum atomic E-state index is 9.33. The van der Waals surface area contributed by atoms with Crippen molar-refractivity contribution in [2.75, 3.05) is 38.1 Å². The first kappa shape index (κ1) is 18.9. The van der Waals surface area contributed by atoms with Crippen LogP contribution in [0.5, 0.6) is 0 Å². The molecule has 3 aromatic rings. The molecule has 0 aromatic heterocycles. The van der Waals surface area contributed by atoms with E-state index in [2.05, 4.69) is 59.6 Å². The quantitative estimate of drug-likeness (QED) is 0.636. The second-order valence-corrected chi connectivity index (χ2v) is 6.52. The van der Waals surface area contributed by atoms with Crippen molar-refractivity contribution in [3.8, 4) is 17.2 Å². The Morgan fingerprint density at radius 2 is 1.78 bits per heavy atom. The van der Waals surface area contributed by atoms with Crippen LogP contribution in [0, 0.1) is 11.3 Å². The molecule has 0 saturated carbocycles. The van der Waals surface area contributed by atoms with Crippen LogP contribution in [-0.2, 0) is 0 Å². The highest BCUT2D eigenvalue weighted by Crippen LogP contribution is 2.28. The minimum Gasteiger partial charge on any atom is -0.395 e. The van der Waals surface area contributed by atoms with Crippen molar-refractivity contribution in [2.45, 2.75) is 6.92 Å². The summed E-state index contributed by atoms with van der Waals surface area (Å²) in [5, 5.41) is 24.2. The minimum atomic E-state index is 0.196. The number of rotatable bonds is 8. The molecule has 4 heteroatoms. The van der Waals surface area contributed by atoms with Crippen LogP contribution < -0.4 is 5.32 Å². The summed E-state index contributed by atoms with van der Waals surface area (Å²) < 4.78 is 0. The fourth-order valence-corrected chi connectivity index (χ4v) is 3.28. The van der Waals surface area contributed by atoms with Gasteiger partial charge in [-0.05, 0) is 52.7 Å². The molecule has 0 aliphatic carbocycles. The third kappa shape index (κ3) is 4.65. The second-order valence-electron chi connectivity index (χ2n) is 6.52. The Labute approximate surface area is 160 Å². The van der Waals surface area contributed by atoms with Crippen LogP contribution in [-0.4, -0.2) is 42.8 Å². The third-order valence-corrected chi connectivity index (χ3v) is 4.82. The van der Waals surface area contributed by atoms with Crippen molar-refractivity contribution in [1.82, 2.24) is 4.90 Å². The predicted octanol–water partition coefficient (Wildman–Crippen LogP) is 4.10. The third-order valence-electron chi connectivity index (χ3n) is 4.82. The number of nitrogens with one attached hydrogen (secondary N) is 1. The van der Waals surface area contributed by atoms with Gasteiger partial charge in [0.05, 0.1) is 18.2 Å². The van der Waals surface area contributed by atoms with Gasteiger partial charge < -0.3 is 10.4 Å². The normalized spacial score (nSPS) is 10.9. The number of hydrogen-bond donors (Lipinski definition) is 2. The van der Waals surface area contributed by atoms with Gasteiger partial charge in [0.1, 0.15) is 0 Å². The van der Waals surface area contributed by atoms with Crippen LogP contribution in [0.3, 0.4) is 0 Å². The van der Waals surface area contributed by atoms with Gasteiger partial charge in [0.25, 0.3) is 0 Å². The van der Waals surface area contributed by atoms with E-state index in [1.807, 2.05) is 24.3 Å². The van der Waals surface area contributed by atoms with Gasteiger partial charge >= 0.3 is 0 Å². The lowest BCUT2D eigenvalue weighted by Crippen LogP contribution is -2.31. The highest BCUT2D eigenvalue weighted by molar-refractivity contribution is 5.90. The monoisotopic (exact) mass is 359 g/mol. The van der Waals surface area contributed by atoms with E-state index in [-0.39, 0.29) is 6.61 Å². The Hall–Kier alpha value is -2.87. The summed E-state index contributed by atoms with van der Waals surface area (Å²) in [6.07, 6.45) is 0. The van der Waals surface area contributed by atoms with Crippen molar-refractivity contribution in [1.29, 1.82) is 5.26 Å². The second kappa shape index (κ2) is 9.18. The molecule has 0 aliphatic rings. The SMILES string of the molecule is CCN(CCO)CCNc1ccc2cc(-c3ccccc3C#N)ccc2c1. The summed E-state index contributed by atoms with van der Waals surface area (Å²) >= 11 is 0. The number of likely N-dealkylation sites (N-methyl/N-ethyl adjacent to an activating group) is 1. The zero-order valence-corrected chi connectivity index (χ0v) is 15.7. The summed E-state index contributed by atoms with van der Waals surface area (Å²) in [4.78, 5) is 2.22. The minimum absolute atomic E-state index is 0.196. The molecule has 0 aliphatic heterocycles. The van der Waals surface area contributed by atoms with Gasteiger partial charge in [-0.25, -0.2) is 0 Å². The molecule has 3 aromatic carbocycles. The average molecular weight is 359 g/mol. The lowest BCUT2D eigenvalue weighted by Gasteiger charge is -2.19. The number of hydrogen-bond acceptors (Lipinski definition) is 4. The maximum Gasteiger partial charge on any atom is 0.0998 e. The molecule has 0 saturated heterocycles. The number of aliphatic hydroxyl groups excluding tert-OH is 1. The van der Waals surface area contributed by atoms with Gasteiger partial charge in [-0.2, -0.15) is 5.26 Å². The van der Waals surface area contributed by atoms with Crippen LogP contribution in [0.15, 0.2) is 60.7 Å². The fraction of sp³-hybridized carbons (Fsp3) is 0.261. The molecule has 0 spiro atoms. The molecule has 0 unspecified atom stereocenters. The molecule has 0 atom stereocenters. The molecular formula is C23H25N3O. The molecule has 0 radical (unpaired) electrons. The highest BCUT2D eigenvalue weighted by atomic mass is 16.3. The first-order valence-corrected chi connectivity index (χ1v) is 9.35. The Morgan fingerprint density at radius 3 is 2.56 bits per heavy atom. The van der Waals surface area contributed by atoms with Gasteiger partial charge in [-0.3, -0.25) is 4.90 Å². The number of benzene rings is 3. The lowest BCUT2D eigenvalue weighted by molar-refractivity contribution is 0.206. The van der Waals surface area contributed by atoms with E-state index in [0.29, 0.717) is 12.1 Å². The summed E-state index contributed by atoms with van der Waals surface area (Å²) in [5.74, 6) is 0. The Balaban J connectivity index is 1.75. The number of anilines is 1. The number of aliphatic hydroxyl groups is 1. The van der Waals surface area contributed by atoms with E-state index < -0.39 is 0 Å². The van der Waals surface area contributed by atoms with E-state index in [4.69, 9.17) is 5.11 Å². The van der Waals surface area contributed by atoms with Crippen molar-refractivity contribution in [3.05, 3.63) is 66.2 Å². The molecule has 0 bridgehead atoms. The Bertz CT molecular complexity index is 946. The standard InChI is InChI=1S/C23H25N3O/c1-2-26(13-14-27)12-11-25-22-10-9-18-15-20(8-7-19(18)16-22)23-6-4-3-5-21(23)17-24/h3-10,15-16,25,27H,2,11-14H2,1H3. The van der Waals surface area contributed by atoms with Crippen molar-refractivity contribution in [2.24, 2.45) is 0 Å². The zero-order valence-electron chi connectivity index (χ0n) is 15.7. The average Bonchev–Trinajstić information content (AvgIpc) is 2.72. The van der Waals surface area contributed by atoms with Crippen molar-refractivity contribution in [3.63, 3.8) is 0 Å². The molecule has 0 heterocycles. The lowest BCUT2D eigenvalue weighted by atomic mass is 9.97. The Morgan fingerprint density at radius 1 is 1.00 bits per heavy atom.